The van der Waals surface area contributed by atoms with Gasteiger partial charge in [-0.15, -0.1) is 0 Å². The van der Waals surface area contributed by atoms with Crippen LogP contribution in [0.4, 0.5) is 0 Å². The van der Waals surface area contributed by atoms with E-state index in [4.69, 9.17) is 5.26 Å². The van der Waals surface area contributed by atoms with Gasteiger partial charge in [0.2, 0.25) is 0 Å². The fourth-order valence-electron chi connectivity index (χ4n) is 2.34. The number of hydrogen-bond donors (Lipinski definition) is 0. The van der Waals surface area contributed by atoms with Gasteiger partial charge in [-0.05, 0) is 37.7 Å². The lowest BCUT2D eigenvalue weighted by Crippen LogP contribution is -2.25. The molecule has 2 fully saturated rings. The van der Waals surface area contributed by atoms with E-state index in [0.29, 0.717) is 12.0 Å². The Hall–Kier alpha value is -1.56. The number of hydrogen-bond acceptors (Lipinski definition) is 2. The third kappa shape index (κ3) is 1.76. The monoisotopic (exact) mass is 213 g/mol. The van der Waals surface area contributed by atoms with Crippen molar-refractivity contribution in [1.82, 2.24) is 9.78 Å². The van der Waals surface area contributed by atoms with Gasteiger partial charge in [-0.1, -0.05) is 6.08 Å². The molecule has 1 aromatic heterocycles. The minimum atomic E-state index is 0.556. The van der Waals surface area contributed by atoms with Gasteiger partial charge in [-0.25, -0.2) is 0 Å². The molecule has 1 heterocycles. The Bertz CT molecular complexity index is 442. The summed E-state index contributed by atoms with van der Waals surface area (Å²) in [6.07, 6.45) is 10.6. The summed E-state index contributed by atoms with van der Waals surface area (Å²) in [4.78, 5) is 0. The van der Waals surface area contributed by atoms with E-state index in [9.17, 15) is 0 Å². The highest BCUT2D eigenvalue weighted by Crippen LogP contribution is 2.41. The number of nitriles is 1. The molecule has 0 radical (unpaired) electrons. The van der Waals surface area contributed by atoms with E-state index in [1.807, 2.05) is 12.1 Å². The topological polar surface area (TPSA) is 41.6 Å². The maximum Gasteiger partial charge on any atom is 0.0908 e. The number of nitrogens with zero attached hydrogens (tertiary/aromatic N) is 3. The highest BCUT2D eigenvalue weighted by Gasteiger charge is 2.31. The summed E-state index contributed by atoms with van der Waals surface area (Å²) >= 11 is 0. The molecule has 0 unspecified atom stereocenters. The summed E-state index contributed by atoms with van der Waals surface area (Å²) in [7, 11) is 0. The minimum absolute atomic E-state index is 0.556. The van der Waals surface area contributed by atoms with Gasteiger partial charge in [0.15, 0.2) is 0 Å². The highest BCUT2D eigenvalue weighted by molar-refractivity contribution is 5.14. The van der Waals surface area contributed by atoms with E-state index >= 15 is 0 Å². The zero-order chi connectivity index (χ0) is 11.0. The fourth-order valence-corrected chi connectivity index (χ4v) is 2.34. The van der Waals surface area contributed by atoms with Crippen molar-refractivity contribution in [2.45, 2.75) is 37.6 Å². The van der Waals surface area contributed by atoms with E-state index < -0.39 is 0 Å². The van der Waals surface area contributed by atoms with Crippen LogP contribution in [-0.4, -0.2) is 9.78 Å². The molecule has 0 amide bonds. The van der Waals surface area contributed by atoms with Crippen LogP contribution < -0.4 is 0 Å². The molecule has 0 aromatic carbocycles. The predicted octanol–water partition coefficient (Wildman–Crippen LogP) is 2.79. The van der Waals surface area contributed by atoms with Crippen LogP contribution in [0.3, 0.4) is 0 Å². The van der Waals surface area contributed by atoms with Crippen LogP contribution in [0.15, 0.2) is 24.4 Å². The van der Waals surface area contributed by atoms with Gasteiger partial charge in [0.1, 0.15) is 0 Å². The summed E-state index contributed by atoms with van der Waals surface area (Å²) in [5.41, 5.74) is 1.27. The number of aromatic nitrogens is 2. The van der Waals surface area contributed by atoms with Gasteiger partial charge in [-0.3, -0.25) is 4.68 Å². The molecule has 2 saturated carbocycles. The molecule has 0 aliphatic heterocycles. The summed E-state index contributed by atoms with van der Waals surface area (Å²) < 4.78 is 2.12. The van der Waals surface area contributed by atoms with Crippen LogP contribution >= 0.6 is 0 Å². The van der Waals surface area contributed by atoms with Crippen molar-refractivity contribution in [3.63, 3.8) is 0 Å². The van der Waals surface area contributed by atoms with Gasteiger partial charge in [0.05, 0.1) is 17.8 Å². The molecule has 1 aromatic rings. The van der Waals surface area contributed by atoms with Gasteiger partial charge in [0.25, 0.3) is 0 Å². The Labute approximate surface area is 95.4 Å². The zero-order valence-corrected chi connectivity index (χ0v) is 9.21. The Balaban J connectivity index is 1.59. The minimum Gasteiger partial charge on any atom is -0.269 e. The molecule has 3 rings (SSSR count). The summed E-state index contributed by atoms with van der Waals surface area (Å²) in [6, 6.07) is 4.76. The van der Waals surface area contributed by atoms with Crippen LogP contribution in [-0.2, 0) is 0 Å². The van der Waals surface area contributed by atoms with Crippen molar-refractivity contribution >= 4 is 0 Å². The fraction of sp³-hybridized carbons (Fsp3) is 0.538. The van der Waals surface area contributed by atoms with Crippen molar-refractivity contribution in [2.24, 2.45) is 5.92 Å². The largest absolute Gasteiger partial charge is 0.269 e. The summed E-state index contributed by atoms with van der Waals surface area (Å²) in [5.74, 6) is 1.33. The van der Waals surface area contributed by atoms with Gasteiger partial charge in [-0.2, -0.15) is 10.4 Å². The second kappa shape index (κ2) is 3.79. The van der Waals surface area contributed by atoms with Crippen molar-refractivity contribution in [3.8, 4) is 6.07 Å². The van der Waals surface area contributed by atoms with Crippen molar-refractivity contribution in [1.29, 1.82) is 5.26 Å². The van der Waals surface area contributed by atoms with Crippen molar-refractivity contribution in [2.75, 3.05) is 0 Å². The number of rotatable bonds is 3. The van der Waals surface area contributed by atoms with Crippen molar-refractivity contribution < 1.29 is 0 Å². The predicted molar refractivity (Wildman–Crippen MR) is 60.7 cm³/mol. The molecule has 0 saturated heterocycles. The maximum atomic E-state index is 8.43. The molecule has 2 aliphatic rings. The molecule has 16 heavy (non-hydrogen) atoms. The van der Waals surface area contributed by atoms with E-state index in [1.54, 1.807) is 6.08 Å². The van der Waals surface area contributed by atoms with E-state index in [0.717, 1.165) is 18.8 Å². The van der Waals surface area contributed by atoms with Crippen LogP contribution in [0.1, 0.15) is 43.3 Å². The molecular weight excluding hydrogens is 198 g/mol. The van der Waals surface area contributed by atoms with Crippen LogP contribution in [0.25, 0.3) is 0 Å². The van der Waals surface area contributed by atoms with Gasteiger partial charge < -0.3 is 0 Å². The maximum absolute atomic E-state index is 8.43. The lowest BCUT2D eigenvalue weighted by molar-refractivity contribution is 0.223. The quantitative estimate of drug-likeness (QED) is 0.724. The zero-order valence-electron chi connectivity index (χ0n) is 9.21. The number of allylic oxidation sites excluding steroid dienone is 2. The lowest BCUT2D eigenvalue weighted by atomic mass is 9.80. The second-order valence-electron chi connectivity index (χ2n) is 4.87. The van der Waals surface area contributed by atoms with E-state index in [2.05, 4.69) is 22.0 Å². The molecule has 0 atom stereocenters. The standard InChI is InChI=1S/C13H15N3/c14-6-1-2-10-8-12(9-10)16-7-5-13(15-16)11-3-4-11/h1-2,5,7,10-12H,3-4,8-9H2/t10-,12-. The molecular formula is C13H15N3. The molecule has 82 valence electrons. The Morgan fingerprint density at radius 3 is 2.94 bits per heavy atom. The van der Waals surface area contributed by atoms with Crippen molar-refractivity contribution in [3.05, 3.63) is 30.1 Å². The van der Waals surface area contributed by atoms with Gasteiger partial charge in [0, 0.05) is 18.2 Å². The summed E-state index contributed by atoms with van der Waals surface area (Å²) in [6.45, 7) is 0. The third-order valence-corrected chi connectivity index (χ3v) is 3.59. The molecule has 0 N–H and O–H groups in total. The SMILES string of the molecule is N#CC=C[C@H]1C[C@H](n2ccc(C3CC3)n2)C1. The Kier molecular flexibility index (Phi) is 2.28. The lowest BCUT2D eigenvalue weighted by Gasteiger charge is -2.33. The first kappa shape index (κ1) is 9.65. The smallest absolute Gasteiger partial charge is 0.0908 e. The molecule has 3 nitrogen and oxygen atoms in total. The summed E-state index contributed by atoms with van der Waals surface area (Å²) in [5, 5.41) is 13.1. The van der Waals surface area contributed by atoms with Crippen LogP contribution in [0, 0.1) is 17.2 Å². The third-order valence-electron chi connectivity index (χ3n) is 3.59. The first-order valence-corrected chi connectivity index (χ1v) is 5.98. The molecule has 0 bridgehead atoms. The normalized spacial score (nSPS) is 28.9. The average molecular weight is 213 g/mol. The first-order chi connectivity index (χ1) is 7.86. The molecule has 0 spiro atoms. The highest BCUT2D eigenvalue weighted by atomic mass is 15.3. The first-order valence-electron chi connectivity index (χ1n) is 5.98. The molecule has 2 aliphatic carbocycles. The van der Waals surface area contributed by atoms with Crippen LogP contribution in [0.2, 0.25) is 0 Å². The Morgan fingerprint density at radius 2 is 2.25 bits per heavy atom. The molecule has 3 heteroatoms. The second-order valence-corrected chi connectivity index (χ2v) is 4.87. The Morgan fingerprint density at radius 1 is 1.44 bits per heavy atom. The average Bonchev–Trinajstić information content (AvgIpc) is 2.97. The van der Waals surface area contributed by atoms with Crippen LogP contribution in [0.5, 0.6) is 0 Å². The van der Waals surface area contributed by atoms with E-state index in [-0.39, 0.29) is 0 Å². The van der Waals surface area contributed by atoms with E-state index in [1.165, 1.54) is 18.5 Å². The van der Waals surface area contributed by atoms with Gasteiger partial charge >= 0.3 is 0 Å².